The molecule has 3 rings (SSSR count). The van der Waals surface area contributed by atoms with Crippen LogP contribution in [0.3, 0.4) is 0 Å². The van der Waals surface area contributed by atoms with Gasteiger partial charge in [0.15, 0.2) is 0 Å². The summed E-state index contributed by atoms with van der Waals surface area (Å²) in [5.74, 6) is -0.403. The van der Waals surface area contributed by atoms with E-state index < -0.39 is 0 Å². The van der Waals surface area contributed by atoms with Crippen LogP contribution >= 0.6 is 11.3 Å². The Balaban J connectivity index is 1.66. The SMILES string of the molecule is Cc1nc(-c2ccc(F)cc2)sc1C(=O)NCCc1ccccc1. The minimum atomic E-state index is -0.286. The molecular weight excluding hydrogens is 323 g/mol. The molecule has 5 heteroatoms. The fourth-order valence-corrected chi connectivity index (χ4v) is 3.36. The predicted octanol–water partition coefficient (Wildman–Crippen LogP) is 4.23. The highest BCUT2D eigenvalue weighted by atomic mass is 32.1. The first-order valence-electron chi connectivity index (χ1n) is 7.69. The van der Waals surface area contributed by atoms with Crippen LogP contribution in [0.15, 0.2) is 54.6 Å². The molecule has 2 aromatic carbocycles. The van der Waals surface area contributed by atoms with Gasteiger partial charge in [0.1, 0.15) is 15.7 Å². The Morgan fingerprint density at radius 1 is 1.12 bits per heavy atom. The zero-order valence-electron chi connectivity index (χ0n) is 13.3. The molecule has 0 saturated heterocycles. The summed E-state index contributed by atoms with van der Waals surface area (Å²) in [4.78, 5) is 17.4. The third kappa shape index (κ3) is 3.86. The van der Waals surface area contributed by atoms with Gasteiger partial charge in [0, 0.05) is 12.1 Å². The van der Waals surface area contributed by atoms with Gasteiger partial charge in [-0.2, -0.15) is 0 Å². The van der Waals surface area contributed by atoms with Crippen molar-refractivity contribution in [2.24, 2.45) is 0 Å². The highest BCUT2D eigenvalue weighted by molar-refractivity contribution is 7.17. The van der Waals surface area contributed by atoms with Gasteiger partial charge < -0.3 is 5.32 Å². The molecule has 0 aliphatic carbocycles. The standard InChI is InChI=1S/C19H17FN2OS/c1-13-17(18(23)21-12-11-14-5-3-2-4-6-14)24-19(22-13)15-7-9-16(20)10-8-15/h2-10H,11-12H2,1H3,(H,21,23). The fourth-order valence-electron chi connectivity index (χ4n) is 2.37. The predicted molar refractivity (Wildman–Crippen MR) is 94.7 cm³/mol. The van der Waals surface area contributed by atoms with Gasteiger partial charge in [0.25, 0.3) is 5.91 Å². The zero-order chi connectivity index (χ0) is 16.9. The molecule has 0 aliphatic rings. The van der Waals surface area contributed by atoms with Crippen molar-refractivity contribution in [3.05, 3.63) is 76.5 Å². The van der Waals surface area contributed by atoms with E-state index in [-0.39, 0.29) is 11.7 Å². The van der Waals surface area contributed by atoms with Crippen molar-refractivity contribution in [3.8, 4) is 10.6 Å². The zero-order valence-corrected chi connectivity index (χ0v) is 14.1. The highest BCUT2D eigenvalue weighted by Gasteiger charge is 2.15. The summed E-state index contributed by atoms with van der Waals surface area (Å²) in [5.41, 5.74) is 2.69. The number of benzene rings is 2. The molecular formula is C19H17FN2OS. The summed E-state index contributed by atoms with van der Waals surface area (Å²) in [6.07, 6.45) is 0.787. The van der Waals surface area contributed by atoms with Gasteiger partial charge in [-0.25, -0.2) is 9.37 Å². The topological polar surface area (TPSA) is 42.0 Å². The van der Waals surface area contributed by atoms with E-state index in [1.54, 1.807) is 12.1 Å². The lowest BCUT2D eigenvalue weighted by atomic mass is 10.1. The average Bonchev–Trinajstić information content (AvgIpc) is 2.98. The molecule has 0 fully saturated rings. The Morgan fingerprint density at radius 2 is 1.83 bits per heavy atom. The highest BCUT2D eigenvalue weighted by Crippen LogP contribution is 2.27. The van der Waals surface area contributed by atoms with Gasteiger partial charge in [-0.15, -0.1) is 11.3 Å². The number of rotatable bonds is 5. The number of aryl methyl sites for hydroxylation is 1. The summed E-state index contributed by atoms with van der Waals surface area (Å²) in [5, 5.41) is 3.66. The Kier molecular flexibility index (Phi) is 5.01. The molecule has 0 spiro atoms. The van der Waals surface area contributed by atoms with E-state index in [4.69, 9.17) is 0 Å². The number of carbonyl (C=O) groups excluding carboxylic acids is 1. The summed E-state index contributed by atoms with van der Waals surface area (Å²) in [6.45, 7) is 2.39. The van der Waals surface area contributed by atoms with E-state index in [0.29, 0.717) is 17.1 Å². The number of thiazole rings is 1. The van der Waals surface area contributed by atoms with Crippen molar-refractivity contribution in [2.75, 3.05) is 6.54 Å². The van der Waals surface area contributed by atoms with E-state index in [0.717, 1.165) is 17.0 Å². The van der Waals surface area contributed by atoms with Crippen molar-refractivity contribution in [1.82, 2.24) is 10.3 Å². The Labute approximate surface area is 144 Å². The Hall–Kier alpha value is -2.53. The lowest BCUT2D eigenvalue weighted by Crippen LogP contribution is -2.25. The van der Waals surface area contributed by atoms with Crippen molar-refractivity contribution in [1.29, 1.82) is 0 Å². The lowest BCUT2D eigenvalue weighted by Gasteiger charge is -2.04. The Bertz CT molecular complexity index is 828. The molecule has 0 atom stereocenters. The van der Waals surface area contributed by atoms with Crippen LogP contribution in [0.4, 0.5) is 4.39 Å². The van der Waals surface area contributed by atoms with Crippen LogP contribution < -0.4 is 5.32 Å². The van der Waals surface area contributed by atoms with Gasteiger partial charge in [-0.1, -0.05) is 30.3 Å². The molecule has 1 aromatic heterocycles. The van der Waals surface area contributed by atoms with Crippen LogP contribution in [0, 0.1) is 12.7 Å². The second kappa shape index (κ2) is 7.36. The number of aromatic nitrogens is 1. The summed E-state index contributed by atoms with van der Waals surface area (Å²) >= 11 is 1.33. The Morgan fingerprint density at radius 3 is 2.54 bits per heavy atom. The normalized spacial score (nSPS) is 10.6. The number of amides is 1. The third-order valence-corrected chi connectivity index (χ3v) is 4.84. The monoisotopic (exact) mass is 340 g/mol. The van der Waals surface area contributed by atoms with Gasteiger partial charge in [0.05, 0.1) is 5.69 Å². The van der Waals surface area contributed by atoms with Crippen molar-refractivity contribution in [2.45, 2.75) is 13.3 Å². The minimum absolute atomic E-state index is 0.116. The molecule has 0 aliphatic heterocycles. The summed E-state index contributed by atoms with van der Waals surface area (Å²) < 4.78 is 13.0. The number of carbonyl (C=O) groups is 1. The molecule has 0 unspecified atom stereocenters. The third-order valence-electron chi connectivity index (χ3n) is 3.64. The maximum absolute atomic E-state index is 13.0. The second-order valence-corrected chi connectivity index (χ2v) is 6.43. The molecule has 0 bridgehead atoms. The quantitative estimate of drug-likeness (QED) is 0.755. The number of halogens is 1. The summed E-state index contributed by atoms with van der Waals surface area (Å²) in [6, 6.07) is 16.2. The molecule has 0 saturated carbocycles. The van der Waals surface area contributed by atoms with Crippen LogP contribution in [0.2, 0.25) is 0 Å². The average molecular weight is 340 g/mol. The molecule has 122 valence electrons. The largest absolute Gasteiger partial charge is 0.351 e. The molecule has 1 N–H and O–H groups in total. The van der Waals surface area contributed by atoms with E-state index >= 15 is 0 Å². The van der Waals surface area contributed by atoms with E-state index in [1.807, 2.05) is 37.3 Å². The number of nitrogens with one attached hydrogen (secondary N) is 1. The molecule has 1 heterocycles. The van der Waals surface area contributed by atoms with Crippen LogP contribution in [0.5, 0.6) is 0 Å². The van der Waals surface area contributed by atoms with Crippen LogP contribution in [0.1, 0.15) is 20.9 Å². The number of nitrogens with zero attached hydrogens (tertiary/aromatic N) is 1. The summed E-state index contributed by atoms with van der Waals surface area (Å²) in [7, 11) is 0. The van der Waals surface area contributed by atoms with E-state index in [2.05, 4.69) is 10.3 Å². The second-order valence-electron chi connectivity index (χ2n) is 5.43. The maximum atomic E-state index is 13.0. The maximum Gasteiger partial charge on any atom is 0.263 e. The van der Waals surface area contributed by atoms with Gasteiger partial charge in [0.2, 0.25) is 0 Å². The van der Waals surface area contributed by atoms with Gasteiger partial charge in [-0.05, 0) is 43.2 Å². The first-order valence-corrected chi connectivity index (χ1v) is 8.50. The first-order chi connectivity index (χ1) is 11.6. The molecule has 3 nitrogen and oxygen atoms in total. The fraction of sp³-hybridized carbons (Fsp3) is 0.158. The van der Waals surface area contributed by atoms with E-state index in [1.165, 1.54) is 29.0 Å². The smallest absolute Gasteiger partial charge is 0.263 e. The number of hydrogen-bond acceptors (Lipinski definition) is 3. The minimum Gasteiger partial charge on any atom is -0.351 e. The van der Waals surface area contributed by atoms with Gasteiger partial charge >= 0.3 is 0 Å². The van der Waals surface area contributed by atoms with Crippen molar-refractivity contribution in [3.63, 3.8) is 0 Å². The van der Waals surface area contributed by atoms with Crippen LogP contribution in [0.25, 0.3) is 10.6 Å². The molecule has 24 heavy (non-hydrogen) atoms. The van der Waals surface area contributed by atoms with Crippen LogP contribution in [-0.4, -0.2) is 17.4 Å². The lowest BCUT2D eigenvalue weighted by molar-refractivity contribution is 0.0957. The number of hydrogen-bond donors (Lipinski definition) is 1. The first kappa shape index (κ1) is 16.3. The molecule has 1 amide bonds. The molecule has 3 aromatic rings. The van der Waals surface area contributed by atoms with E-state index in [9.17, 15) is 9.18 Å². The van der Waals surface area contributed by atoms with Crippen molar-refractivity contribution >= 4 is 17.2 Å². The van der Waals surface area contributed by atoms with Crippen molar-refractivity contribution < 1.29 is 9.18 Å². The van der Waals surface area contributed by atoms with Crippen LogP contribution in [-0.2, 0) is 6.42 Å². The molecule has 0 radical (unpaired) electrons. The van der Waals surface area contributed by atoms with Gasteiger partial charge in [-0.3, -0.25) is 4.79 Å².